The normalized spacial score (nSPS) is 14.9. The number of nitrogens with zero attached hydrogens (tertiary/aromatic N) is 3. The van der Waals surface area contributed by atoms with E-state index < -0.39 is 22.4 Å². The summed E-state index contributed by atoms with van der Waals surface area (Å²) in [6, 6.07) is 9.93. The summed E-state index contributed by atoms with van der Waals surface area (Å²) in [5.41, 5.74) is -0.698. The molecule has 10 heteroatoms. The molecule has 30 heavy (non-hydrogen) atoms. The second kappa shape index (κ2) is 8.86. The lowest BCUT2D eigenvalue weighted by atomic mass is 10.1. The van der Waals surface area contributed by atoms with E-state index in [-0.39, 0.29) is 24.7 Å². The van der Waals surface area contributed by atoms with Gasteiger partial charge in [0.15, 0.2) is 0 Å². The van der Waals surface area contributed by atoms with Gasteiger partial charge in [-0.2, -0.15) is 13.2 Å². The molecule has 1 heterocycles. The van der Waals surface area contributed by atoms with Crippen molar-refractivity contribution < 1.29 is 22.9 Å². The first-order valence-electron chi connectivity index (χ1n) is 8.99. The zero-order valence-electron chi connectivity index (χ0n) is 15.6. The van der Waals surface area contributed by atoms with Gasteiger partial charge < -0.3 is 9.80 Å². The molecule has 1 fully saturated rings. The third kappa shape index (κ3) is 4.99. The summed E-state index contributed by atoms with van der Waals surface area (Å²) in [6.45, 7) is 1.16. The second-order valence-electron chi connectivity index (χ2n) is 6.63. The SMILES string of the molecule is O=C(C=Cc1ccccc1Br)N1CCN(c2ccc(C(F)(F)F)cc2[N+](=O)[O-])CC1. The van der Waals surface area contributed by atoms with Crippen LogP contribution in [0.3, 0.4) is 0 Å². The van der Waals surface area contributed by atoms with Crippen molar-refractivity contribution in [1.82, 2.24) is 4.90 Å². The maximum absolute atomic E-state index is 12.9. The van der Waals surface area contributed by atoms with Gasteiger partial charge in [0.25, 0.3) is 5.69 Å². The fraction of sp³-hybridized carbons (Fsp3) is 0.250. The Morgan fingerprint density at radius 1 is 1.10 bits per heavy atom. The summed E-state index contributed by atoms with van der Waals surface area (Å²) in [7, 11) is 0. The minimum absolute atomic E-state index is 0.115. The Balaban J connectivity index is 1.69. The Kier molecular flexibility index (Phi) is 6.45. The molecule has 0 N–H and O–H groups in total. The van der Waals surface area contributed by atoms with Crippen molar-refractivity contribution in [3.8, 4) is 0 Å². The highest BCUT2D eigenvalue weighted by molar-refractivity contribution is 9.10. The average molecular weight is 484 g/mol. The van der Waals surface area contributed by atoms with Crippen LogP contribution in [0.5, 0.6) is 0 Å². The lowest BCUT2D eigenvalue weighted by molar-refractivity contribution is -0.384. The minimum atomic E-state index is -4.66. The number of alkyl halides is 3. The number of amides is 1. The molecular weight excluding hydrogens is 467 g/mol. The highest BCUT2D eigenvalue weighted by Crippen LogP contribution is 2.36. The Morgan fingerprint density at radius 3 is 2.37 bits per heavy atom. The average Bonchev–Trinajstić information content (AvgIpc) is 2.72. The fourth-order valence-electron chi connectivity index (χ4n) is 3.16. The number of halogens is 4. The van der Waals surface area contributed by atoms with Gasteiger partial charge in [-0.1, -0.05) is 34.1 Å². The van der Waals surface area contributed by atoms with Crippen molar-refractivity contribution >= 4 is 39.3 Å². The van der Waals surface area contributed by atoms with Gasteiger partial charge in [-0.25, -0.2) is 0 Å². The number of carbonyl (C=O) groups is 1. The molecule has 2 aromatic rings. The predicted molar refractivity (Wildman–Crippen MR) is 110 cm³/mol. The largest absolute Gasteiger partial charge is 0.416 e. The third-order valence-corrected chi connectivity index (χ3v) is 5.46. The summed E-state index contributed by atoms with van der Waals surface area (Å²) in [6.07, 6.45) is -1.51. The summed E-state index contributed by atoms with van der Waals surface area (Å²) >= 11 is 3.40. The van der Waals surface area contributed by atoms with Crippen molar-refractivity contribution in [2.24, 2.45) is 0 Å². The van der Waals surface area contributed by atoms with Crippen molar-refractivity contribution in [2.75, 3.05) is 31.1 Å². The molecule has 0 spiro atoms. The van der Waals surface area contributed by atoms with Crippen LogP contribution in [-0.4, -0.2) is 41.9 Å². The Morgan fingerprint density at radius 2 is 1.77 bits per heavy atom. The van der Waals surface area contributed by atoms with Crippen molar-refractivity contribution in [3.63, 3.8) is 0 Å². The summed E-state index contributed by atoms with van der Waals surface area (Å²) in [4.78, 5) is 26.1. The minimum Gasteiger partial charge on any atom is -0.362 e. The van der Waals surface area contributed by atoms with E-state index in [2.05, 4.69) is 15.9 Å². The molecule has 0 radical (unpaired) electrons. The molecule has 0 bridgehead atoms. The van der Waals surface area contributed by atoms with Gasteiger partial charge in [0.2, 0.25) is 5.91 Å². The van der Waals surface area contributed by atoms with Crippen molar-refractivity contribution in [1.29, 1.82) is 0 Å². The lowest BCUT2D eigenvalue weighted by Gasteiger charge is -2.35. The molecule has 0 saturated carbocycles. The van der Waals surface area contributed by atoms with Crippen molar-refractivity contribution in [2.45, 2.75) is 6.18 Å². The molecule has 2 aromatic carbocycles. The van der Waals surface area contributed by atoms with E-state index in [9.17, 15) is 28.1 Å². The number of carbonyl (C=O) groups excluding carboxylic acids is 1. The van der Waals surface area contributed by atoms with Crippen LogP contribution in [0.2, 0.25) is 0 Å². The van der Waals surface area contributed by atoms with E-state index in [0.717, 1.165) is 22.2 Å². The van der Waals surface area contributed by atoms with Gasteiger partial charge in [-0.3, -0.25) is 14.9 Å². The van der Waals surface area contributed by atoms with E-state index in [1.54, 1.807) is 15.9 Å². The Bertz CT molecular complexity index is 987. The first-order chi connectivity index (χ1) is 14.2. The number of hydrogen-bond acceptors (Lipinski definition) is 4. The van der Waals surface area contributed by atoms with Gasteiger partial charge >= 0.3 is 6.18 Å². The molecule has 1 aliphatic heterocycles. The van der Waals surface area contributed by atoms with E-state index >= 15 is 0 Å². The number of nitro groups is 1. The number of nitro benzene ring substituents is 1. The van der Waals surface area contributed by atoms with Crippen LogP contribution in [0.25, 0.3) is 6.08 Å². The fourth-order valence-corrected chi connectivity index (χ4v) is 3.57. The standard InChI is InChI=1S/C20H17BrF3N3O3/c21-16-4-2-1-3-14(16)5-8-19(28)26-11-9-25(10-12-26)17-7-6-15(20(22,23)24)13-18(17)27(29)30/h1-8,13H,9-12H2. The molecular formula is C20H17BrF3N3O3. The molecule has 0 atom stereocenters. The highest BCUT2D eigenvalue weighted by atomic mass is 79.9. The van der Waals surface area contributed by atoms with Gasteiger partial charge in [0.1, 0.15) is 5.69 Å². The van der Waals surface area contributed by atoms with Crippen LogP contribution in [0, 0.1) is 10.1 Å². The number of benzene rings is 2. The van der Waals surface area contributed by atoms with E-state index in [0.29, 0.717) is 19.2 Å². The van der Waals surface area contributed by atoms with Crippen LogP contribution in [0.15, 0.2) is 53.0 Å². The molecule has 0 aliphatic carbocycles. The van der Waals surface area contributed by atoms with Gasteiger partial charge in [0, 0.05) is 42.8 Å². The van der Waals surface area contributed by atoms with Crippen molar-refractivity contribution in [3.05, 3.63) is 74.3 Å². The summed E-state index contributed by atoms with van der Waals surface area (Å²) < 4.78 is 39.5. The second-order valence-corrected chi connectivity index (χ2v) is 7.48. The number of piperazine rings is 1. The van der Waals surface area contributed by atoms with Gasteiger partial charge in [0.05, 0.1) is 10.5 Å². The predicted octanol–water partition coefficient (Wildman–Crippen LogP) is 4.74. The Labute approximate surface area is 178 Å². The molecule has 158 valence electrons. The van der Waals surface area contributed by atoms with Crippen LogP contribution < -0.4 is 4.90 Å². The highest BCUT2D eigenvalue weighted by Gasteiger charge is 2.34. The van der Waals surface area contributed by atoms with E-state index in [4.69, 9.17) is 0 Å². The molecule has 0 unspecified atom stereocenters. The third-order valence-electron chi connectivity index (χ3n) is 4.74. The quantitative estimate of drug-likeness (QED) is 0.358. The van der Waals surface area contributed by atoms with E-state index in [1.165, 1.54) is 6.08 Å². The Hall–Kier alpha value is -2.88. The van der Waals surface area contributed by atoms with Gasteiger partial charge in [-0.05, 0) is 29.8 Å². The van der Waals surface area contributed by atoms with Gasteiger partial charge in [-0.15, -0.1) is 0 Å². The molecule has 0 aromatic heterocycles. The lowest BCUT2D eigenvalue weighted by Crippen LogP contribution is -2.48. The zero-order valence-corrected chi connectivity index (χ0v) is 17.2. The number of rotatable bonds is 4. The maximum atomic E-state index is 12.9. The maximum Gasteiger partial charge on any atom is 0.416 e. The molecule has 1 amide bonds. The summed E-state index contributed by atoms with van der Waals surface area (Å²) in [5.74, 6) is -0.202. The smallest absolute Gasteiger partial charge is 0.362 e. The topological polar surface area (TPSA) is 66.7 Å². The molecule has 1 saturated heterocycles. The monoisotopic (exact) mass is 483 g/mol. The number of anilines is 1. The van der Waals surface area contributed by atoms with Crippen LogP contribution in [-0.2, 0) is 11.0 Å². The molecule has 3 rings (SSSR count). The zero-order chi connectivity index (χ0) is 21.9. The van der Waals surface area contributed by atoms with Crippen LogP contribution in [0.4, 0.5) is 24.5 Å². The van der Waals surface area contributed by atoms with Crippen LogP contribution >= 0.6 is 15.9 Å². The van der Waals surface area contributed by atoms with Crippen LogP contribution in [0.1, 0.15) is 11.1 Å². The molecule has 6 nitrogen and oxygen atoms in total. The number of hydrogen-bond donors (Lipinski definition) is 0. The van der Waals surface area contributed by atoms with E-state index in [1.807, 2.05) is 24.3 Å². The first-order valence-corrected chi connectivity index (χ1v) is 9.78. The summed E-state index contributed by atoms with van der Waals surface area (Å²) in [5, 5.41) is 11.3. The first kappa shape index (κ1) is 21.8. The molecule has 1 aliphatic rings.